The van der Waals surface area contributed by atoms with Crippen LogP contribution in [0.4, 0.5) is 0 Å². The van der Waals surface area contributed by atoms with Crippen LogP contribution in [0, 0.1) is 14.9 Å². The van der Waals surface area contributed by atoms with Gasteiger partial charge >= 0.3 is 0 Å². The van der Waals surface area contributed by atoms with Gasteiger partial charge < -0.3 is 18.9 Å². The van der Waals surface area contributed by atoms with E-state index in [-0.39, 0.29) is 6.79 Å². The van der Waals surface area contributed by atoms with Crippen molar-refractivity contribution in [3.05, 3.63) is 79.9 Å². The molecule has 3 aromatic carbocycles. The molecule has 0 bridgehead atoms. The molecule has 0 atom stereocenters. The van der Waals surface area contributed by atoms with Crippen molar-refractivity contribution >= 4 is 45.8 Å². The van der Waals surface area contributed by atoms with Crippen molar-refractivity contribution < 1.29 is 18.9 Å². The Balaban J connectivity index is 1.60. The van der Waals surface area contributed by atoms with Gasteiger partial charge in [0, 0.05) is 5.02 Å². The van der Waals surface area contributed by atoms with Crippen molar-refractivity contribution in [2.45, 2.75) is 6.61 Å². The van der Waals surface area contributed by atoms with E-state index in [0.29, 0.717) is 40.2 Å². The quantitative estimate of drug-likeness (QED) is 0.206. The summed E-state index contributed by atoms with van der Waals surface area (Å²) in [5, 5.41) is 10.4. The van der Waals surface area contributed by atoms with Gasteiger partial charge in [-0.2, -0.15) is 5.26 Å². The lowest BCUT2D eigenvalue weighted by molar-refractivity contribution is 0.174. The van der Waals surface area contributed by atoms with Crippen molar-refractivity contribution in [2.75, 3.05) is 13.9 Å². The Morgan fingerprint density at radius 2 is 1.90 bits per heavy atom. The number of hydrogen-bond donors (Lipinski definition) is 0. The second kappa shape index (κ2) is 9.50. The number of nitrogens with zero attached hydrogens (tertiary/aromatic N) is 1. The normalized spacial score (nSPS) is 12.4. The zero-order valence-corrected chi connectivity index (χ0v) is 19.4. The molecule has 0 aliphatic carbocycles. The molecule has 7 heteroatoms. The standard InChI is InChI=1S/C24H17ClINO4/c1-28-23-10-16(8-18(12-27)17-4-7-21-22(11-17)31-14-30-21)9-20(26)24(23)29-13-15-2-5-19(25)6-3-15/h2-11H,13-14H2,1H3/b18-8-. The van der Waals surface area contributed by atoms with Crippen LogP contribution in [0.15, 0.2) is 54.6 Å². The summed E-state index contributed by atoms with van der Waals surface area (Å²) in [5.74, 6) is 2.56. The van der Waals surface area contributed by atoms with Gasteiger partial charge in [0.2, 0.25) is 6.79 Å². The van der Waals surface area contributed by atoms with Crippen LogP contribution in [-0.4, -0.2) is 13.9 Å². The predicted molar refractivity (Wildman–Crippen MR) is 128 cm³/mol. The molecule has 0 radical (unpaired) electrons. The van der Waals surface area contributed by atoms with E-state index in [0.717, 1.165) is 20.3 Å². The van der Waals surface area contributed by atoms with Crippen molar-refractivity contribution in [1.82, 2.24) is 0 Å². The largest absolute Gasteiger partial charge is 0.493 e. The van der Waals surface area contributed by atoms with E-state index < -0.39 is 0 Å². The summed E-state index contributed by atoms with van der Waals surface area (Å²) in [6.07, 6.45) is 1.81. The molecule has 0 aromatic heterocycles. The molecule has 0 saturated heterocycles. The van der Waals surface area contributed by atoms with Gasteiger partial charge in [0.25, 0.3) is 0 Å². The fourth-order valence-corrected chi connectivity index (χ4v) is 4.02. The first-order valence-corrected chi connectivity index (χ1v) is 10.8. The van der Waals surface area contributed by atoms with Crippen LogP contribution in [0.25, 0.3) is 11.6 Å². The molecule has 156 valence electrons. The van der Waals surface area contributed by atoms with Crippen molar-refractivity contribution in [3.8, 4) is 29.1 Å². The van der Waals surface area contributed by atoms with E-state index in [1.807, 2.05) is 54.6 Å². The fraction of sp³-hybridized carbons (Fsp3) is 0.125. The third-order valence-corrected chi connectivity index (χ3v) is 5.72. The molecule has 0 saturated carbocycles. The Morgan fingerprint density at radius 1 is 1.13 bits per heavy atom. The van der Waals surface area contributed by atoms with E-state index in [4.69, 9.17) is 30.5 Å². The van der Waals surface area contributed by atoms with Gasteiger partial charge in [-0.05, 0) is 87.8 Å². The average Bonchev–Trinajstić information content (AvgIpc) is 3.25. The zero-order chi connectivity index (χ0) is 21.8. The number of ether oxygens (including phenoxy) is 4. The molecule has 0 N–H and O–H groups in total. The molecule has 3 aromatic rings. The van der Waals surface area contributed by atoms with Gasteiger partial charge in [-0.25, -0.2) is 0 Å². The van der Waals surface area contributed by atoms with Gasteiger partial charge in [0.15, 0.2) is 23.0 Å². The summed E-state index contributed by atoms with van der Waals surface area (Å²) in [4.78, 5) is 0. The lowest BCUT2D eigenvalue weighted by atomic mass is 10.0. The van der Waals surface area contributed by atoms with Gasteiger partial charge in [0.05, 0.1) is 22.3 Å². The van der Waals surface area contributed by atoms with Crippen molar-refractivity contribution in [3.63, 3.8) is 0 Å². The minimum Gasteiger partial charge on any atom is -0.493 e. The van der Waals surface area contributed by atoms with Crippen molar-refractivity contribution in [2.24, 2.45) is 0 Å². The molecule has 0 unspecified atom stereocenters. The van der Waals surface area contributed by atoms with Crippen LogP contribution in [0.3, 0.4) is 0 Å². The second-order valence-corrected chi connectivity index (χ2v) is 8.29. The maximum absolute atomic E-state index is 9.71. The zero-order valence-electron chi connectivity index (χ0n) is 16.5. The van der Waals surface area contributed by atoms with E-state index >= 15 is 0 Å². The predicted octanol–water partition coefficient (Wildman–Crippen LogP) is 6.33. The molecule has 1 heterocycles. The summed E-state index contributed by atoms with van der Waals surface area (Å²) < 4.78 is 23.2. The second-order valence-electron chi connectivity index (χ2n) is 6.69. The Kier molecular flexibility index (Phi) is 6.54. The Hall–Kier alpha value is -2.89. The number of benzene rings is 3. The summed E-state index contributed by atoms with van der Waals surface area (Å²) in [6, 6.07) is 19.0. The number of nitriles is 1. The number of methoxy groups -OCH3 is 1. The number of halogens is 2. The van der Waals surface area contributed by atoms with Crippen LogP contribution in [0.5, 0.6) is 23.0 Å². The highest BCUT2D eigenvalue weighted by Gasteiger charge is 2.16. The average molecular weight is 546 g/mol. The summed E-state index contributed by atoms with van der Waals surface area (Å²) >= 11 is 8.15. The molecule has 4 rings (SSSR count). The third kappa shape index (κ3) is 4.89. The lowest BCUT2D eigenvalue weighted by Crippen LogP contribution is -2.00. The highest BCUT2D eigenvalue weighted by atomic mass is 127. The van der Waals surface area contributed by atoms with Crippen LogP contribution in [0.2, 0.25) is 5.02 Å². The smallest absolute Gasteiger partial charge is 0.231 e. The van der Waals surface area contributed by atoms with E-state index in [1.54, 1.807) is 13.2 Å². The van der Waals surface area contributed by atoms with Gasteiger partial charge in [-0.3, -0.25) is 0 Å². The van der Waals surface area contributed by atoms with E-state index in [2.05, 4.69) is 28.7 Å². The highest BCUT2D eigenvalue weighted by Crippen LogP contribution is 2.37. The third-order valence-electron chi connectivity index (χ3n) is 4.66. The first-order chi connectivity index (χ1) is 15.1. The molecule has 0 spiro atoms. The molecule has 5 nitrogen and oxygen atoms in total. The Labute approximate surface area is 198 Å². The van der Waals surface area contributed by atoms with Crippen molar-refractivity contribution in [1.29, 1.82) is 5.26 Å². The summed E-state index contributed by atoms with van der Waals surface area (Å²) in [7, 11) is 1.59. The van der Waals surface area contributed by atoms with Crippen LogP contribution < -0.4 is 18.9 Å². The van der Waals surface area contributed by atoms with E-state index in [9.17, 15) is 5.26 Å². The highest BCUT2D eigenvalue weighted by molar-refractivity contribution is 14.1. The summed E-state index contributed by atoms with van der Waals surface area (Å²) in [5.41, 5.74) is 3.09. The Morgan fingerprint density at radius 3 is 2.65 bits per heavy atom. The number of rotatable bonds is 6. The van der Waals surface area contributed by atoms with Crippen LogP contribution >= 0.6 is 34.2 Å². The molecule has 0 amide bonds. The topological polar surface area (TPSA) is 60.7 Å². The number of allylic oxidation sites excluding steroid dienone is 1. The molecule has 1 aliphatic heterocycles. The SMILES string of the molecule is COc1cc(/C=C(/C#N)c2ccc3c(c2)OCO3)cc(I)c1OCc1ccc(Cl)cc1. The molecule has 31 heavy (non-hydrogen) atoms. The van der Waals surface area contributed by atoms with Gasteiger partial charge in [-0.15, -0.1) is 0 Å². The van der Waals surface area contributed by atoms with Crippen LogP contribution in [-0.2, 0) is 6.61 Å². The molecular formula is C24H17ClINO4. The maximum atomic E-state index is 9.71. The van der Waals surface area contributed by atoms with Gasteiger partial charge in [0.1, 0.15) is 6.61 Å². The van der Waals surface area contributed by atoms with Crippen LogP contribution in [0.1, 0.15) is 16.7 Å². The molecule has 1 aliphatic rings. The number of hydrogen-bond acceptors (Lipinski definition) is 5. The minimum absolute atomic E-state index is 0.192. The molecule has 0 fully saturated rings. The fourth-order valence-electron chi connectivity index (χ4n) is 3.11. The minimum atomic E-state index is 0.192. The first kappa shape index (κ1) is 21.3. The first-order valence-electron chi connectivity index (χ1n) is 9.34. The summed E-state index contributed by atoms with van der Waals surface area (Å²) in [6.45, 7) is 0.580. The van der Waals surface area contributed by atoms with Gasteiger partial charge in [-0.1, -0.05) is 23.7 Å². The lowest BCUT2D eigenvalue weighted by Gasteiger charge is -2.14. The number of fused-ring (bicyclic) bond motifs is 1. The molecular weight excluding hydrogens is 529 g/mol. The maximum Gasteiger partial charge on any atom is 0.231 e. The van der Waals surface area contributed by atoms with E-state index in [1.165, 1.54) is 0 Å². The Bertz CT molecular complexity index is 1190. The monoisotopic (exact) mass is 545 g/mol.